The van der Waals surface area contributed by atoms with Gasteiger partial charge in [-0.1, -0.05) is 0 Å². The molecule has 0 saturated heterocycles. The number of hydrogen-bond donors (Lipinski definition) is 1. The Morgan fingerprint density at radius 1 is 1.46 bits per heavy atom. The van der Waals surface area contributed by atoms with E-state index >= 15 is 0 Å². The van der Waals surface area contributed by atoms with E-state index in [0.717, 1.165) is 0 Å². The average Bonchev–Trinajstić information content (AvgIpc) is 2.51. The number of hydrogen-bond acceptors (Lipinski definition) is 4. The number of ether oxygens (including phenoxy) is 2. The predicted molar refractivity (Wildman–Crippen MR) is 45.3 cm³/mol. The minimum atomic E-state index is -0.589. The Morgan fingerprint density at radius 2 is 2.08 bits per heavy atom. The average molecular weight is 187 g/mol. The molecule has 0 saturated carbocycles. The first-order chi connectivity index (χ1) is 6.27. The molecule has 0 bridgehead atoms. The van der Waals surface area contributed by atoms with Crippen LogP contribution in [0, 0.1) is 0 Å². The van der Waals surface area contributed by atoms with Gasteiger partial charge >= 0.3 is 0 Å². The SMILES string of the molecule is CCOC(OCC)c1cc(=O)[nH]o1. The summed E-state index contributed by atoms with van der Waals surface area (Å²) < 4.78 is 15.3. The van der Waals surface area contributed by atoms with Gasteiger partial charge in [0.15, 0.2) is 5.76 Å². The van der Waals surface area contributed by atoms with Gasteiger partial charge in [-0.2, -0.15) is 5.16 Å². The van der Waals surface area contributed by atoms with Crippen LogP contribution in [0.1, 0.15) is 25.9 Å². The highest BCUT2D eigenvalue weighted by Crippen LogP contribution is 2.16. The van der Waals surface area contributed by atoms with Crippen LogP contribution in [0.4, 0.5) is 0 Å². The van der Waals surface area contributed by atoms with Crippen LogP contribution >= 0.6 is 0 Å². The van der Waals surface area contributed by atoms with Crippen molar-refractivity contribution in [2.45, 2.75) is 20.1 Å². The topological polar surface area (TPSA) is 64.5 Å². The van der Waals surface area contributed by atoms with Crippen molar-refractivity contribution in [1.29, 1.82) is 0 Å². The molecule has 1 heterocycles. The Morgan fingerprint density at radius 3 is 2.46 bits per heavy atom. The van der Waals surface area contributed by atoms with Gasteiger partial charge in [0.2, 0.25) is 6.29 Å². The van der Waals surface area contributed by atoms with Crippen molar-refractivity contribution >= 4 is 0 Å². The van der Waals surface area contributed by atoms with Gasteiger partial charge in [0.25, 0.3) is 5.56 Å². The minimum Gasteiger partial charge on any atom is -0.378 e. The molecule has 13 heavy (non-hydrogen) atoms. The zero-order valence-electron chi connectivity index (χ0n) is 7.70. The first-order valence-corrected chi connectivity index (χ1v) is 4.19. The van der Waals surface area contributed by atoms with Crippen LogP contribution in [0.2, 0.25) is 0 Å². The normalized spacial score (nSPS) is 11.0. The third kappa shape index (κ3) is 2.71. The maximum Gasteiger partial charge on any atom is 0.280 e. The summed E-state index contributed by atoms with van der Waals surface area (Å²) in [4.78, 5) is 10.7. The molecule has 0 fully saturated rings. The van der Waals surface area contributed by atoms with E-state index in [4.69, 9.17) is 14.0 Å². The molecular weight excluding hydrogens is 174 g/mol. The lowest BCUT2D eigenvalue weighted by Gasteiger charge is -2.12. The lowest BCUT2D eigenvalue weighted by molar-refractivity contribution is -0.152. The fourth-order valence-electron chi connectivity index (χ4n) is 0.929. The van der Waals surface area contributed by atoms with E-state index in [1.165, 1.54) is 6.07 Å². The Balaban J connectivity index is 2.69. The molecule has 0 unspecified atom stereocenters. The molecule has 0 aliphatic carbocycles. The Kier molecular flexibility index (Phi) is 3.72. The molecule has 1 aromatic rings. The number of H-pyrrole nitrogens is 1. The van der Waals surface area contributed by atoms with E-state index in [1.54, 1.807) is 0 Å². The standard InChI is InChI=1S/C8H13NO4/c1-3-11-8(12-4-2)6-5-7(10)9-13-6/h5,8H,3-4H2,1-2H3,(H,9,10). The first kappa shape index (κ1) is 10.0. The molecule has 1 rings (SSSR count). The second-order valence-corrected chi connectivity index (χ2v) is 2.36. The lowest BCUT2D eigenvalue weighted by Crippen LogP contribution is -2.08. The minimum absolute atomic E-state index is 0.292. The molecule has 1 aromatic heterocycles. The second-order valence-electron chi connectivity index (χ2n) is 2.36. The summed E-state index contributed by atoms with van der Waals surface area (Å²) in [7, 11) is 0. The molecule has 1 N–H and O–H groups in total. The van der Waals surface area contributed by atoms with Gasteiger partial charge in [0.1, 0.15) is 0 Å². The summed E-state index contributed by atoms with van der Waals surface area (Å²) >= 11 is 0. The largest absolute Gasteiger partial charge is 0.378 e. The molecule has 0 aliphatic heterocycles. The second kappa shape index (κ2) is 4.84. The van der Waals surface area contributed by atoms with Crippen LogP contribution in [0.5, 0.6) is 0 Å². The quantitative estimate of drug-likeness (QED) is 0.699. The zero-order chi connectivity index (χ0) is 9.68. The summed E-state index contributed by atoms with van der Waals surface area (Å²) in [5.74, 6) is 0.369. The van der Waals surface area contributed by atoms with Gasteiger partial charge in [0, 0.05) is 13.2 Å². The van der Waals surface area contributed by atoms with Crippen LogP contribution in [0.3, 0.4) is 0 Å². The monoisotopic (exact) mass is 187 g/mol. The van der Waals surface area contributed by atoms with Gasteiger partial charge in [0.05, 0.1) is 6.07 Å². The maximum atomic E-state index is 10.7. The zero-order valence-corrected chi connectivity index (χ0v) is 7.70. The first-order valence-electron chi connectivity index (χ1n) is 4.19. The molecule has 0 amide bonds. The van der Waals surface area contributed by atoms with Crippen LogP contribution in [-0.2, 0) is 9.47 Å². The molecule has 0 aliphatic rings. The van der Waals surface area contributed by atoms with Crippen molar-refractivity contribution in [3.05, 3.63) is 22.2 Å². The van der Waals surface area contributed by atoms with Crippen LogP contribution in [0.25, 0.3) is 0 Å². The number of aromatic amines is 1. The van der Waals surface area contributed by atoms with Crippen molar-refractivity contribution in [3.63, 3.8) is 0 Å². The van der Waals surface area contributed by atoms with Crippen molar-refractivity contribution < 1.29 is 14.0 Å². The Bertz CT molecular complexity index is 284. The number of rotatable bonds is 5. The number of nitrogens with one attached hydrogen (secondary N) is 1. The van der Waals surface area contributed by atoms with Crippen molar-refractivity contribution in [1.82, 2.24) is 5.16 Å². The van der Waals surface area contributed by atoms with E-state index in [1.807, 2.05) is 13.8 Å². The lowest BCUT2D eigenvalue weighted by atomic mass is 10.4. The highest BCUT2D eigenvalue weighted by molar-refractivity contribution is 4.95. The van der Waals surface area contributed by atoms with Gasteiger partial charge in [-0.3, -0.25) is 4.79 Å². The molecule has 0 radical (unpaired) electrons. The summed E-state index contributed by atoms with van der Waals surface area (Å²) in [5, 5.41) is 2.18. The Labute approximate surface area is 75.6 Å². The molecule has 74 valence electrons. The number of aromatic nitrogens is 1. The summed E-state index contributed by atoms with van der Waals surface area (Å²) in [6, 6.07) is 1.32. The summed E-state index contributed by atoms with van der Waals surface area (Å²) in [6.45, 7) is 4.69. The molecule has 5 heteroatoms. The van der Waals surface area contributed by atoms with Crippen LogP contribution in [-0.4, -0.2) is 18.4 Å². The third-order valence-electron chi connectivity index (χ3n) is 1.41. The molecule has 0 atom stereocenters. The Hall–Kier alpha value is -1.07. The molecule has 0 spiro atoms. The fraction of sp³-hybridized carbons (Fsp3) is 0.625. The highest BCUT2D eigenvalue weighted by atomic mass is 16.7. The van der Waals surface area contributed by atoms with Gasteiger partial charge in [-0.05, 0) is 13.8 Å². The highest BCUT2D eigenvalue weighted by Gasteiger charge is 2.15. The third-order valence-corrected chi connectivity index (χ3v) is 1.41. The van der Waals surface area contributed by atoms with E-state index in [2.05, 4.69) is 5.16 Å². The van der Waals surface area contributed by atoms with Crippen LogP contribution < -0.4 is 5.56 Å². The van der Waals surface area contributed by atoms with E-state index in [9.17, 15) is 4.79 Å². The van der Waals surface area contributed by atoms with Crippen molar-refractivity contribution in [2.75, 3.05) is 13.2 Å². The van der Waals surface area contributed by atoms with Crippen LogP contribution in [0.15, 0.2) is 15.4 Å². The van der Waals surface area contributed by atoms with E-state index in [0.29, 0.717) is 19.0 Å². The summed E-state index contributed by atoms with van der Waals surface area (Å²) in [6.07, 6.45) is -0.589. The molecular formula is C8H13NO4. The van der Waals surface area contributed by atoms with E-state index < -0.39 is 6.29 Å². The molecule has 0 aromatic carbocycles. The summed E-state index contributed by atoms with van der Waals surface area (Å²) in [5.41, 5.74) is -0.292. The maximum absolute atomic E-state index is 10.7. The van der Waals surface area contributed by atoms with Gasteiger partial charge < -0.3 is 14.0 Å². The van der Waals surface area contributed by atoms with Crippen molar-refractivity contribution in [3.8, 4) is 0 Å². The fourth-order valence-corrected chi connectivity index (χ4v) is 0.929. The van der Waals surface area contributed by atoms with E-state index in [-0.39, 0.29) is 5.56 Å². The molecule has 5 nitrogen and oxygen atoms in total. The van der Waals surface area contributed by atoms with Gasteiger partial charge in [-0.15, -0.1) is 0 Å². The van der Waals surface area contributed by atoms with Crippen molar-refractivity contribution in [2.24, 2.45) is 0 Å². The predicted octanol–water partition coefficient (Wildman–Crippen LogP) is 1.04. The van der Waals surface area contributed by atoms with Gasteiger partial charge in [-0.25, -0.2) is 0 Å². The smallest absolute Gasteiger partial charge is 0.280 e.